The van der Waals surface area contributed by atoms with Crippen LogP contribution >= 0.6 is 23.5 Å². The van der Waals surface area contributed by atoms with Crippen molar-refractivity contribution in [3.8, 4) is 23.6 Å². The van der Waals surface area contributed by atoms with Gasteiger partial charge in [0.1, 0.15) is 48.7 Å². The summed E-state index contributed by atoms with van der Waals surface area (Å²) in [5.74, 6) is -0.615. The normalized spacial score (nSPS) is 23.5. The molecule has 2 fully saturated rings. The smallest absolute Gasteiger partial charge is 0.163 e. The summed E-state index contributed by atoms with van der Waals surface area (Å²) in [6, 6.07) is 4.27. The van der Waals surface area contributed by atoms with Crippen molar-refractivity contribution in [2.45, 2.75) is 61.3 Å². The highest BCUT2D eigenvalue weighted by atomic mass is 32.2. The molecule has 32 heavy (non-hydrogen) atoms. The molecule has 10 heteroatoms. The Morgan fingerprint density at radius 1 is 0.812 bits per heavy atom. The van der Waals surface area contributed by atoms with Gasteiger partial charge in [-0.1, -0.05) is 0 Å². The van der Waals surface area contributed by atoms with Crippen molar-refractivity contribution >= 4 is 23.5 Å². The van der Waals surface area contributed by atoms with Crippen LogP contribution in [0.4, 0.5) is 0 Å². The van der Waals surface area contributed by atoms with Crippen molar-refractivity contribution in [3.63, 3.8) is 0 Å². The maximum atomic E-state index is 9.91. The molecule has 2 heterocycles. The van der Waals surface area contributed by atoms with E-state index in [0.717, 1.165) is 9.79 Å². The Balaban J connectivity index is 1.91. The molecule has 0 bridgehead atoms. The Kier molecular flexibility index (Phi) is 7.87. The molecule has 0 N–H and O–H groups in total. The van der Waals surface area contributed by atoms with E-state index in [0.29, 0.717) is 24.7 Å². The maximum absolute atomic E-state index is 9.91. The van der Waals surface area contributed by atoms with Crippen molar-refractivity contribution in [1.29, 1.82) is 10.5 Å². The van der Waals surface area contributed by atoms with Crippen molar-refractivity contribution in [2.75, 3.05) is 38.9 Å². The first-order valence-electron chi connectivity index (χ1n) is 10.2. The Hall–Kier alpha value is -1.66. The summed E-state index contributed by atoms with van der Waals surface area (Å²) in [7, 11) is 0. The lowest BCUT2D eigenvalue weighted by atomic mass is 10.1. The van der Waals surface area contributed by atoms with E-state index in [1.807, 2.05) is 40.2 Å². The molecule has 2 aliphatic heterocycles. The van der Waals surface area contributed by atoms with Gasteiger partial charge in [0, 0.05) is 0 Å². The highest BCUT2D eigenvalue weighted by Gasteiger charge is 2.35. The van der Waals surface area contributed by atoms with Crippen LogP contribution in [0.5, 0.6) is 11.5 Å². The molecular formula is C22H28N2O6S2. The molecule has 2 aliphatic rings. The highest BCUT2D eigenvalue weighted by molar-refractivity contribution is 8.01. The number of thioether (sulfide) groups is 2. The minimum Gasteiger partial charge on any atom is -0.488 e. The molecule has 3 rings (SSSR count). The monoisotopic (exact) mass is 480 g/mol. The number of benzene rings is 1. The number of hydrogen-bond acceptors (Lipinski definition) is 10. The zero-order chi connectivity index (χ0) is 23.5. The van der Waals surface area contributed by atoms with Gasteiger partial charge in [0.15, 0.2) is 23.1 Å². The summed E-state index contributed by atoms with van der Waals surface area (Å²) in [4.78, 5) is 1.48. The molecule has 0 aromatic heterocycles. The Labute approximate surface area is 197 Å². The topological polar surface area (TPSA) is 103 Å². The van der Waals surface area contributed by atoms with E-state index in [2.05, 4.69) is 12.1 Å². The molecule has 174 valence electrons. The third kappa shape index (κ3) is 5.45. The number of nitrogens with zero attached hydrogens (tertiary/aromatic N) is 2. The van der Waals surface area contributed by atoms with Crippen LogP contribution in [-0.4, -0.2) is 62.7 Å². The number of hydrogen-bond donors (Lipinski definition) is 0. The summed E-state index contributed by atoms with van der Waals surface area (Å²) in [5.41, 5.74) is 0.290. The van der Waals surface area contributed by atoms with E-state index in [9.17, 15) is 10.5 Å². The molecule has 0 amide bonds. The van der Waals surface area contributed by atoms with E-state index < -0.39 is 11.6 Å². The van der Waals surface area contributed by atoms with Gasteiger partial charge >= 0.3 is 0 Å². The highest BCUT2D eigenvalue weighted by Crippen LogP contribution is 2.47. The summed E-state index contributed by atoms with van der Waals surface area (Å²) in [5, 5.41) is 19.8. The zero-order valence-corrected chi connectivity index (χ0v) is 20.8. The van der Waals surface area contributed by atoms with Crippen LogP contribution in [0, 0.1) is 22.7 Å². The van der Waals surface area contributed by atoms with Crippen molar-refractivity contribution < 1.29 is 28.4 Å². The first-order chi connectivity index (χ1) is 15.1. The van der Waals surface area contributed by atoms with Gasteiger partial charge in [0.2, 0.25) is 0 Å². The lowest BCUT2D eigenvalue weighted by molar-refractivity contribution is -0.142. The van der Waals surface area contributed by atoms with Crippen molar-refractivity contribution in [2.24, 2.45) is 0 Å². The minimum atomic E-state index is -0.672. The van der Waals surface area contributed by atoms with Crippen LogP contribution in [0.3, 0.4) is 0 Å². The molecular weight excluding hydrogens is 452 g/mol. The van der Waals surface area contributed by atoms with Crippen LogP contribution in [0.1, 0.15) is 38.8 Å². The average molecular weight is 481 g/mol. The Morgan fingerprint density at radius 2 is 1.19 bits per heavy atom. The summed E-state index contributed by atoms with van der Waals surface area (Å²) in [6.45, 7) is 8.55. The van der Waals surface area contributed by atoms with Gasteiger partial charge in [0.25, 0.3) is 0 Å². The van der Waals surface area contributed by atoms with Gasteiger partial charge < -0.3 is 28.4 Å². The van der Waals surface area contributed by atoms with E-state index >= 15 is 0 Å². The van der Waals surface area contributed by atoms with Crippen molar-refractivity contribution in [1.82, 2.24) is 0 Å². The van der Waals surface area contributed by atoms with E-state index in [1.54, 1.807) is 0 Å². The van der Waals surface area contributed by atoms with Crippen LogP contribution < -0.4 is 9.47 Å². The van der Waals surface area contributed by atoms with Crippen LogP contribution in [-0.2, 0) is 18.9 Å². The quantitative estimate of drug-likeness (QED) is 0.508. The minimum absolute atomic E-state index is 0.145. The fraction of sp³-hybridized carbons (Fsp3) is 0.636. The fourth-order valence-electron chi connectivity index (χ4n) is 3.56. The molecule has 1 aromatic rings. The SMILES string of the molecule is CSc1c(OCC2COC(C)(C)O2)c(C#N)c(C#N)c(OCC2COC(C)(C)O2)c1SC. The Morgan fingerprint density at radius 3 is 1.44 bits per heavy atom. The lowest BCUT2D eigenvalue weighted by Gasteiger charge is -2.22. The van der Waals surface area contributed by atoms with E-state index in [-0.39, 0.29) is 36.5 Å². The van der Waals surface area contributed by atoms with Gasteiger partial charge in [-0.05, 0) is 40.2 Å². The molecule has 0 aliphatic carbocycles. The lowest BCUT2D eigenvalue weighted by Crippen LogP contribution is -2.26. The molecule has 8 nitrogen and oxygen atoms in total. The predicted octanol–water partition coefficient (Wildman–Crippen LogP) is 3.93. The van der Waals surface area contributed by atoms with Crippen LogP contribution in [0.2, 0.25) is 0 Å². The van der Waals surface area contributed by atoms with Gasteiger partial charge in [-0.2, -0.15) is 10.5 Å². The van der Waals surface area contributed by atoms with E-state index in [4.69, 9.17) is 28.4 Å². The van der Waals surface area contributed by atoms with Gasteiger partial charge in [-0.15, -0.1) is 23.5 Å². The molecule has 1 aromatic carbocycles. The molecule has 2 atom stereocenters. The summed E-state index contributed by atoms with van der Waals surface area (Å²) in [6.07, 6.45) is 3.25. The Bertz CT molecular complexity index is 863. The number of nitriles is 2. The third-order valence-corrected chi connectivity index (χ3v) is 6.64. The van der Waals surface area contributed by atoms with Crippen LogP contribution in [0.25, 0.3) is 0 Å². The molecule has 0 saturated carbocycles. The first-order valence-corrected chi connectivity index (χ1v) is 12.6. The second kappa shape index (κ2) is 10.1. The standard InChI is InChI=1S/C22H28N2O6S2/c1-21(2)27-11-13(29-21)9-25-17-15(7-23)16(8-24)18(20(32-6)19(17)31-5)26-10-14-12-28-22(3,4)30-14/h13-14H,9-12H2,1-6H3. The second-order valence-electron chi connectivity index (χ2n) is 8.22. The molecule has 2 unspecified atom stereocenters. The number of rotatable bonds is 8. The molecule has 0 radical (unpaired) electrons. The fourth-order valence-corrected chi connectivity index (χ4v) is 5.31. The number of ether oxygens (including phenoxy) is 6. The first kappa shape index (κ1) is 25.0. The second-order valence-corrected chi connectivity index (χ2v) is 9.85. The van der Waals surface area contributed by atoms with E-state index in [1.165, 1.54) is 23.5 Å². The zero-order valence-electron chi connectivity index (χ0n) is 19.1. The molecule has 2 saturated heterocycles. The largest absolute Gasteiger partial charge is 0.488 e. The van der Waals surface area contributed by atoms with Gasteiger partial charge in [-0.25, -0.2) is 0 Å². The van der Waals surface area contributed by atoms with Gasteiger partial charge in [0.05, 0.1) is 23.0 Å². The third-order valence-electron chi connectivity index (χ3n) is 4.92. The average Bonchev–Trinajstić information content (AvgIpc) is 3.28. The maximum Gasteiger partial charge on any atom is 0.163 e. The summed E-state index contributed by atoms with van der Waals surface area (Å²) >= 11 is 2.87. The van der Waals surface area contributed by atoms with Gasteiger partial charge in [-0.3, -0.25) is 0 Å². The van der Waals surface area contributed by atoms with Crippen molar-refractivity contribution in [3.05, 3.63) is 11.1 Å². The predicted molar refractivity (Wildman–Crippen MR) is 120 cm³/mol. The summed E-state index contributed by atoms with van der Waals surface area (Å²) < 4.78 is 34.9. The molecule has 0 spiro atoms. The van der Waals surface area contributed by atoms with Crippen LogP contribution in [0.15, 0.2) is 9.79 Å².